The summed E-state index contributed by atoms with van der Waals surface area (Å²) in [5.41, 5.74) is 1.74. The van der Waals surface area contributed by atoms with Gasteiger partial charge in [0.25, 0.3) is 0 Å². The van der Waals surface area contributed by atoms with Crippen LogP contribution in [0.1, 0.15) is 44.1 Å². The Kier molecular flexibility index (Phi) is 20.1. The second-order valence-electron chi connectivity index (χ2n) is 11.5. The number of benzene rings is 1. The Balaban J connectivity index is 1.10. The molecule has 0 radical (unpaired) electrons. The standard InChI is InChI=1S/C32H50ClN7O7S2/c33-19-28(42)34-11-3-13-45-15-17-47-18-16-46-14-4-12-35-29(43)21-37-32(48)38-24-9-7-23(8-10-24)20-36-27(41)6-2-1-5-26-30-25(22-49-26)39-31(44)40-30/h7-10,25-26,30H,1-6,11-22H2,(H,34,42)(H,35,43)(H,36,41)(H2,37,38,48)(H2,39,40,44)/t25-,26-,30-/m0/s1. The third kappa shape index (κ3) is 17.6. The molecular weight excluding hydrogens is 694 g/mol. The van der Waals surface area contributed by atoms with E-state index >= 15 is 0 Å². The molecule has 0 bridgehead atoms. The zero-order valence-corrected chi connectivity index (χ0v) is 30.2. The fraction of sp³-hybridized carbons (Fsp3) is 0.656. The quantitative estimate of drug-likeness (QED) is 0.0335. The van der Waals surface area contributed by atoms with Crippen molar-refractivity contribution in [1.29, 1.82) is 0 Å². The second-order valence-corrected chi connectivity index (χ2v) is 13.5. The van der Waals surface area contributed by atoms with Gasteiger partial charge in [0.15, 0.2) is 5.11 Å². The molecule has 2 heterocycles. The van der Waals surface area contributed by atoms with E-state index in [0.717, 1.165) is 36.3 Å². The van der Waals surface area contributed by atoms with Crippen molar-refractivity contribution in [2.24, 2.45) is 0 Å². The first-order valence-corrected chi connectivity index (χ1v) is 18.7. The van der Waals surface area contributed by atoms with E-state index in [9.17, 15) is 19.2 Å². The Morgan fingerprint density at radius 2 is 1.47 bits per heavy atom. The minimum absolute atomic E-state index is 0.0233. The molecule has 0 spiro atoms. The molecule has 0 saturated carbocycles. The van der Waals surface area contributed by atoms with Gasteiger partial charge in [0.1, 0.15) is 5.88 Å². The summed E-state index contributed by atoms with van der Waals surface area (Å²) in [5.74, 6) is 0.573. The highest BCUT2D eigenvalue weighted by atomic mass is 35.5. The molecule has 2 aliphatic rings. The number of anilines is 1. The van der Waals surface area contributed by atoms with Crippen LogP contribution >= 0.6 is 35.6 Å². The third-order valence-corrected chi connectivity index (χ3v) is 9.63. The molecule has 0 aliphatic carbocycles. The Hall–Kier alpha value is -2.89. The Morgan fingerprint density at radius 3 is 2.14 bits per heavy atom. The van der Waals surface area contributed by atoms with E-state index in [2.05, 4.69) is 37.2 Å². The number of thiocarbonyl (C=S) groups is 1. The van der Waals surface area contributed by atoms with Crippen LogP contribution in [0, 0.1) is 0 Å². The number of unbranched alkanes of at least 4 members (excludes halogenated alkanes) is 1. The van der Waals surface area contributed by atoms with Crippen LogP contribution in [0.25, 0.3) is 0 Å². The number of nitrogens with one attached hydrogen (secondary N) is 7. The number of fused-ring (bicyclic) bond motifs is 1. The van der Waals surface area contributed by atoms with Crippen LogP contribution in [0.4, 0.5) is 10.5 Å². The summed E-state index contributed by atoms with van der Waals surface area (Å²) in [4.78, 5) is 46.9. The first-order valence-electron chi connectivity index (χ1n) is 16.8. The van der Waals surface area contributed by atoms with Crippen LogP contribution in [0.3, 0.4) is 0 Å². The van der Waals surface area contributed by atoms with Crippen LogP contribution in [-0.4, -0.2) is 117 Å². The van der Waals surface area contributed by atoms with E-state index in [1.807, 2.05) is 36.0 Å². The molecule has 17 heteroatoms. The van der Waals surface area contributed by atoms with Crippen LogP contribution in [0.2, 0.25) is 0 Å². The molecule has 1 aromatic rings. The first kappa shape index (κ1) is 40.5. The third-order valence-electron chi connectivity index (χ3n) is 7.63. The second kappa shape index (κ2) is 24.3. The van der Waals surface area contributed by atoms with Gasteiger partial charge >= 0.3 is 6.03 Å². The van der Waals surface area contributed by atoms with Crippen molar-refractivity contribution in [1.82, 2.24) is 31.9 Å². The van der Waals surface area contributed by atoms with Gasteiger partial charge in [-0.05, 0) is 55.6 Å². The van der Waals surface area contributed by atoms with Gasteiger partial charge in [0, 0.05) is 56.0 Å². The normalized spacial score (nSPS) is 17.8. The number of halogens is 1. The molecule has 2 aliphatic heterocycles. The van der Waals surface area contributed by atoms with Crippen LogP contribution in [-0.2, 0) is 35.1 Å². The van der Waals surface area contributed by atoms with E-state index in [0.29, 0.717) is 88.9 Å². The average Bonchev–Trinajstić information content (AvgIpc) is 3.65. The van der Waals surface area contributed by atoms with Gasteiger partial charge < -0.3 is 51.4 Å². The van der Waals surface area contributed by atoms with E-state index in [-0.39, 0.29) is 48.3 Å². The van der Waals surface area contributed by atoms with Gasteiger partial charge in [0.05, 0.1) is 45.1 Å². The van der Waals surface area contributed by atoms with E-state index < -0.39 is 0 Å². The molecule has 274 valence electrons. The highest BCUT2D eigenvalue weighted by molar-refractivity contribution is 8.00. The molecule has 1 aromatic carbocycles. The predicted octanol–water partition coefficient (Wildman–Crippen LogP) is 1.62. The Labute approximate surface area is 303 Å². The van der Waals surface area contributed by atoms with Crippen molar-refractivity contribution in [3.05, 3.63) is 29.8 Å². The first-order chi connectivity index (χ1) is 23.8. The summed E-state index contributed by atoms with van der Waals surface area (Å²) in [7, 11) is 0. The summed E-state index contributed by atoms with van der Waals surface area (Å²) in [6.45, 7) is 4.40. The van der Waals surface area contributed by atoms with Gasteiger partial charge in [-0.25, -0.2) is 4.79 Å². The maximum Gasteiger partial charge on any atom is 0.315 e. The number of hydrogen-bond acceptors (Lipinski definition) is 9. The van der Waals surface area contributed by atoms with Crippen LogP contribution < -0.4 is 37.2 Å². The zero-order chi connectivity index (χ0) is 35.1. The summed E-state index contributed by atoms with van der Waals surface area (Å²) < 4.78 is 16.4. The van der Waals surface area contributed by atoms with E-state index in [4.69, 9.17) is 38.0 Å². The Bertz CT molecular complexity index is 1190. The zero-order valence-electron chi connectivity index (χ0n) is 27.8. The fourth-order valence-electron chi connectivity index (χ4n) is 5.06. The minimum Gasteiger partial charge on any atom is -0.379 e. The molecule has 7 N–H and O–H groups in total. The summed E-state index contributed by atoms with van der Waals surface area (Å²) in [6, 6.07) is 7.92. The van der Waals surface area contributed by atoms with Gasteiger partial charge in [-0.1, -0.05) is 18.6 Å². The monoisotopic (exact) mass is 743 g/mol. The molecule has 14 nitrogen and oxygen atoms in total. The smallest absolute Gasteiger partial charge is 0.315 e. The highest BCUT2D eigenvalue weighted by Crippen LogP contribution is 2.33. The lowest BCUT2D eigenvalue weighted by molar-refractivity contribution is -0.121. The molecular formula is C32H50ClN7O7S2. The molecule has 0 aromatic heterocycles. The lowest BCUT2D eigenvalue weighted by Gasteiger charge is -2.16. The largest absolute Gasteiger partial charge is 0.379 e. The summed E-state index contributed by atoms with van der Waals surface area (Å²) >= 11 is 12.6. The number of rotatable bonds is 25. The maximum atomic E-state index is 12.3. The van der Waals surface area contributed by atoms with Gasteiger partial charge in [-0.2, -0.15) is 11.8 Å². The SMILES string of the molecule is O=C(CCl)NCCCOCCOCCOCCCNC(=O)CNC(=S)Nc1ccc(CNC(=O)CCCC[C@@H]2SC[C@@H]3NC(=O)N[C@@H]32)cc1. The van der Waals surface area contributed by atoms with Gasteiger partial charge in [-0.15, -0.1) is 11.6 Å². The number of thioether (sulfide) groups is 1. The van der Waals surface area contributed by atoms with Crippen molar-refractivity contribution < 1.29 is 33.4 Å². The Morgan fingerprint density at radius 1 is 0.816 bits per heavy atom. The van der Waals surface area contributed by atoms with Crippen molar-refractivity contribution in [2.75, 3.05) is 76.2 Å². The lowest BCUT2D eigenvalue weighted by atomic mass is 10.0. The number of alkyl halides is 1. The predicted molar refractivity (Wildman–Crippen MR) is 195 cm³/mol. The highest BCUT2D eigenvalue weighted by Gasteiger charge is 2.42. The molecule has 3 rings (SSSR count). The van der Waals surface area contributed by atoms with Crippen LogP contribution in [0.5, 0.6) is 0 Å². The van der Waals surface area contributed by atoms with E-state index in [1.54, 1.807) is 0 Å². The van der Waals surface area contributed by atoms with Crippen molar-refractivity contribution in [2.45, 2.75) is 62.4 Å². The number of carbonyl (C=O) groups is 4. The molecule has 3 atom stereocenters. The minimum atomic E-state index is -0.185. The number of hydrogen-bond donors (Lipinski definition) is 7. The average molecular weight is 744 g/mol. The van der Waals surface area contributed by atoms with Gasteiger partial charge in [-0.3, -0.25) is 14.4 Å². The number of ether oxygens (including phenoxy) is 3. The number of urea groups is 1. The van der Waals surface area contributed by atoms with Crippen LogP contribution in [0.15, 0.2) is 24.3 Å². The van der Waals surface area contributed by atoms with Crippen molar-refractivity contribution >= 4 is 70.1 Å². The molecule has 2 fully saturated rings. The number of amides is 5. The summed E-state index contributed by atoms with van der Waals surface area (Å²) in [5, 5.41) is 21.1. The van der Waals surface area contributed by atoms with E-state index in [1.165, 1.54) is 0 Å². The van der Waals surface area contributed by atoms with Crippen molar-refractivity contribution in [3.63, 3.8) is 0 Å². The lowest BCUT2D eigenvalue weighted by Crippen LogP contribution is -2.39. The van der Waals surface area contributed by atoms with Gasteiger partial charge in [0.2, 0.25) is 17.7 Å². The summed E-state index contributed by atoms with van der Waals surface area (Å²) in [6.07, 6.45) is 4.63. The maximum absolute atomic E-state index is 12.3. The topological polar surface area (TPSA) is 180 Å². The molecule has 0 unspecified atom stereocenters. The number of carbonyl (C=O) groups excluding carboxylic acids is 4. The van der Waals surface area contributed by atoms with Crippen molar-refractivity contribution in [3.8, 4) is 0 Å². The fourth-order valence-corrected chi connectivity index (χ4v) is 6.89. The molecule has 2 saturated heterocycles. The molecule has 49 heavy (non-hydrogen) atoms. The molecule has 5 amide bonds.